The van der Waals surface area contributed by atoms with Crippen molar-refractivity contribution in [3.63, 3.8) is 0 Å². The molecule has 0 atom stereocenters. The average Bonchev–Trinajstić information content (AvgIpc) is 2.77. The van der Waals surface area contributed by atoms with Crippen molar-refractivity contribution in [1.82, 2.24) is 9.66 Å². The van der Waals surface area contributed by atoms with Crippen molar-refractivity contribution in [2.45, 2.75) is 32.6 Å². The zero-order valence-corrected chi connectivity index (χ0v) is 19.0. The fraction of sp³-hybridized carbons (Fsp3) is 0.192. The third-order valence-corrected chi connectivity index (χ3v) is 5.55. The molecule has 1 amide bonds. The van der Waals surface area contributed by atoms with E-state index in [4.69, 9.17) is 16.6 Å². The molecule has 0 aliphatic rings. The first-order chi connectivity index (χ1) is 15.2. The molecule has 0 saturated carbocycles. The lowest BCUT2D eigenvalue weighted by Gasteiger charge is -2.20. The quantitative estimate of drug-likeness (QED) is 0.462. The van der Waals surface area contributed by atoms with Crippen molar-refractivity contribution < 1.29 is 4.79 Å². The molecule has 0 saturated heterocycles. The highest BCUT2D eigenvalue weighted by atomic mass is 35.5. The molecule has 0 radical (unpaired) electrons. The predicted molar refractivity (Wildman–Crippen MR) is 130 cm³/mol. The molecule has 1 aromatic heterocycles. The van der Waals surface area contributed by atoms with Crippen LogP contribution in [0.15, 0.2) is 77.6 Å². The number of rotatable bonds is 4. The molecule has 0 aliphatic carbocycles. The van der Waals surface area contributed by atoms with Gasteiger partial charge in [-0.2, -0.15) is 4.68 Å². The van der Waals surface area contributed by atoms with Gasteiger partial charge in [0.2, 0.25) is 5.91 Å². The van der Waals surface area contributed by atoms with E-state index in [1.807, 2.05) is 30.3 Å². The second-order valence-corrected chi connectivity index (χ2v) is 9.20. The third-order valence-electron chi connectivity index (χ3n) is 5.30. The predicted octanol–water partition coefficient (Wildman–Crippen LogP) is 5.33. The van der Waals surface area contributed by atoms with Crippen LogP contribution >= 0.6 is 11.6 Å². The molecule has 1 heterocycles. The highest BCUT2D eigenvalue weighted by Gasteiger charge is 2.17. The number of hydrogen-bond donors (Lipinski definition) is 1. The molecule has 162 valence electrons. The summed E-state index contributed by atoms with van der Waals surface area (Å²) in [6.07, 6.45) is 0.110. The summed E-state index contributed by atoms with van der Waals surface area (Å²) in [5, 5.41) is 1.04. The number of halogens is 1. The Morgan fingerprint density at radius 2 is 1.62 bits per heavy atom. The van der Waals surface area contributed by atoms with Gasteiger partial charge in [0.1, 0.15) is 0 Å². The molecule has 0 aliphatic heterocycles. The normalized spacial score (nSPS) is 11.5. The average molecular weight is 446 g/mol. The van der Waals surface area contributed by atoms with Crippen LogP contribution in [0.2, 0.25) is 5.02 Å². The van der Waals surface area contributed by atoms with E-state index in [-0.39, 0.29) is 23.3 Å². The summed E-state index contributed by atoms with van der Waals surface area (Å²) in [5.41, 5.74) is 5.71. The van der Waals surface area contributed by atoms with Gasteiger partial charge in [0.15, 0.2) is 5.82 Å². The lowest BCUT2D eigenvalue weighted by molar-refractivity contribution is -0.116. The van der Waals surface area contributed by atoms with Crippen LogP contribution in [0.4, 0.5) is 0 Å². The van der Waals surface area contributed by atoms with Crippen LogP contribution in [0.5, 0.6) is 0 Å². The summed E-state index contributed by atoms with van der Waals surface area (Å²) in [5.74, 6) is 0.0673. The van der Waals surface area contributed by atoms with Crippen LogP contribution in [0.1, 0.15) is 31.9 Å². The molecule has 0 bridgehead atoms. The fourth-order valence-electron chi connectivity index (χ4n) is 3.50. The lowest BCUT2D eigenvalue weighted by atomic mass is 9.86. The van der Waals surface area contributed by atoms with E-state index in [1.165, 1.54) is 10.2 Å². The number of fused-ring (bicyclic) bond motifs is 1. The molecule has 4 aromatic rings. The number of carbonyl (C=O) groups is 1. The maximum Gasteiger partial charge on any atom is 0.280 e. The Labute approximate surface area is 191 Å². The van der Waals surface area contributed by atoms with Gasteiger partial charge in [-0.1, -0.05) is 80.9 Å². The Kier molecular flexibility index (Phi) is 5.85. The first-order valence-corrected chi connectivity index (χ1v) is 10.8. The number of carbonyl (C=O) groups excluding carboxylic acids is 1. The molecule has 32 heavy (non-hydrogen) atoms. The number of aromatic nitrogens is 2. The van der Waals surface area contributed by atoms with Crippen LogP contribution in [0, 0.1) is 0 Å². The van der Waals surface area contributed by atoms with Gasteiger partial charge in [-0.15, -0.1) is 0 Å². The summed E-state index contributed by atoms with van der Waals surface area (Å²) in [6.45, 7) is 6.43. The Bertz CT molecular complexity index is 1340. The first kappa shape index (κ1) is 21.8. The van der Waals surface area contributed by atoms with Crippen LogP contribution in [-0.4, -0.2) is 15.6 Å². The third kappa shape index (κ3) is 4.58. The smallest absolute Gasteiger partial charge is 0.273 e. The van der Waals surface area contributed by atoms with Gasteiger partial charge in [0.05, 0.1) is 17.3 Å². The number of para-hydroxylation sites is 1. The van der Waals surface area contributed by atoms with Crippen molar-refractivity contribution in [1.29, 1.82) is 0 Å². The standard InChI is InChI=1S/C26H24ClN3O2/c1-26(2,3)19-12-10-18(11-13-19)24-28-22-7-5-4-6-21(22)25(32)30(24)29-23(31)16-17-8-14-20(27)15-9-17/h4-15H,16H2,1-3H3,(H,29,31). The van der Waals surface area contributed by atoms with Crippen LogP contribution in [-0.2, 0) is 16.6 Å². The maximum atomic E-state index is 13.3. The van der Waals surface area contributed by atoms with Crippen LogP contribution in [0.3, 0.4) is 0 Å². The van der Waals surface area contributed by atoms with Crippen LogP contribution in [0.25, 0.3) is 22.3 Å². The topological polar surface area (TPSA) is 64.0 Å². The van der Waals surface area contributed by atoms with E-state index in [1.54, 1.807) is 42.5 Å². The van der Waals surface area contributed by atoms with E-state index in [2.05, 4.69) is 26.2 Å². The van der Waals surface area contributed by atoms with Gasteiger partial charge in [-0.25, -0.2) is 4.98 Å². The highest BCUT2D eigenvalue weighted by Crippen LogP contribution is 2.25. The largest absolute Gasteiger partial charge is 0.280 e. The van der Waals surface area contributed by atoms with E-state index in [9.17, 15) is 9.59 Å². The van der Waals surface area contributed by atoms with Crippen molar-refractivity contribution >= 4 is 28.4 Å². The number of nitrogens with one attached hydrogen (secondary N) is 1. The Morgan fingerprint density at radius 3 is 2.28 bits per heavy atom. The number of benzene rings is 3. The van der Waals surface area contributed by atoms with Crippen molar-refractivity contribution in [3.05, 3.63) is 99.3 Å². The van der Waals surface area contributed by atoms with Crippen molar-refractivity contribution in [2.24, 2.45) is 0 Å². The highest BCUT2D eigenvalue weighted by molar-refractivity contribution is 6.30. The summed E-state index contributed by atoms with van der Waals surface area (Å²) in [6, 6.07) is 22.1. The van der Waals surface area contributed by atoms with Gasteiger partial charge < -0.3 is 0 Å². The molecule has 4 rings (SSSR count). The van der Waals surface area contributed by atoms with E-state index in [0.29, 0.717) is 21.7 Å². The second-order valence-electron chi connectivity index (χ2n) is 8.76. The van der Waals surface area contributed by atoms with Gasteiger partial charge in [0, 0.05) is 10.6 Å². The molecule has 6 heteroatoms. The summed E-state index contributed by atoms with van der Waals surface area (Å²) < 4.78 is 1.24. The summed E-state index contributed by atoms with van der Waals surface area (Å²) in [4.78, 5) is 30.8. The number of amides is 1. The van der Waals surface area contributed by atoms with E-state index < -0.39 is 0 Å². The number of hydrogen-bond acceptors (Lipinski definition) is 3. The van der Waals surface area contributed by atoms with Gasteiger partial charge >= 0.3 is 0 Å². The van der Waals surface area contributed by atoms with E-state index in [0.717, 1.165) is 11.1 Å². The van der Waals surface area contributed by atoms with Gasteiger partial charge in [-0.3, -0.25) is 15.0 Å². The Morgan fingerprint density at radius 1 is 0.969 bits per heavy atom. The zero-order chi connectivity index (χ0) is 22.9. The second kappa shape index (κ2) is 8.60. The minimum atomic E-state index is -0.324. The minimum absolute atomic E-state index is 0.00179. The summed E-state index contributed by atoms with van der Waals surface area (Å²) in [7, 11) is 0. The molecule has 5 nitrogen and oxygen atoms in total. The van der Waals surface area contributed by atoms with Crippen molar-refractivity contribution in [2.75, 3.05) is 5.43 Å². The summed E-state index contributed by atoms with van der Waals surface area (Å²) >= 11 is 5.93. The molecule has 0 spiro atoms. The Hall–Kier alpha value is -3.44. The maximum absolute atomic E-state index is 13.3. The SMILES string of the molecule is CC(C)(C)c1ccc(-c2nc3ccccc3c(=O)n2NC(=O)Cc2ccc(Cl)cc2)cc1. The Balaban J connectivity index is 1.76. The monoisotopic (exact) mass is 445 g/mol. The number of nitrogens with zero attached hydrogens (tertiary/aromatic N) is 2. The molecule has 3 aromatic carbocycles. The minimum Gasteiger partial charge on any atom is -0.273 e. The van der Waals surface area contributed by atoms with E-state index >= 15 is 0 Å². The zero-order valence-electron chi connectivity index (χ0n) is 18.2. The molecule has 1 N–H and O–H groups in total. The molecular formula is C26H24ClN3O2. The molecule has 0 unspecified atom stereocenters. The first-order valence-electron chi connectivity index (χ1n) is 10.4. The van der Waals surface area contributed by atoms with Gasteiger partial charge in [0.25, 0.3) is 5.56 Å². The van der Waals surface area contributed by atoms with Crippen LogP contribution < -0.4 is 11.0 Å². The molecule has 0 fully saturated rings. The van der Waals surface area contributed by atoms with Gasteiger partial charge in [-0.05, 0) is 40.8 Å². The lowest BCUT2D eigenvalue weighted by Crippen LogP contribution is -2.35. The molecular weight excluding hydrogens is 422 g/mol. The fourth-order valence-corrected chi connectivity index (χ4v) is 3.63. The van der Waals surface area contributed by atoms with Crippen molar-refractivity contribution in [3.8, 4) is 11.4 Å².